The number of aryl methyl sites for hydroxylation is 1. The number of nitrogen functional groups attached to an aromatic ring is 1. The van der Waals surface area contributed by atoms with Crippen molar-refractivity contribution in [3.63, 3.8) is 0 Å². The van der Waals surface area contributed by atoms with Crippen molar-refractivity contribution in [2.24, 2.45) is 20.5 Å². The van der Waals surface area contributed by atoms with Crippen molar-refractivity contribution in [3.05, 3.63) is 84.4 Å². The van der Waals surface area contributed by atoms with E-state index in [0.717, 1.165) is 48.0 Å². The number of anilines is 6. The van der Waals surface area contributed by atoms with Crippen LogP contribution in [0.1, 0.15) is 12.5 Å². The van der Waals surface area contributed by atoms with Crippen molar-refractivity contribution < 1.29 is 83.1 Å². The number of azo groups is 2. The van der Waals surface area contributed by atoms with Crippen LogP contribution in [0.5, 0.6) is 5.75 Å². The zero-order chi connectivity index (χ0) is 55.3. The van der Waals surface area contributed by atoms with Crippen molar-refractivity contribution in [2.75, 3.05) is 58.7 Å². The van der Waals surface area contributed by atoms with E-state index < -0.39 is 145 Å². The summed E-state index contributed by atoms with van der Waals surface area (Å²) in [6.45, 7) is 0.139. The molecular formula is C39H41N11O19S6. The van der Waals surface area contributed by atoms with Gasteiger partial charge in [-0.2, -0.15) is 53.7 Å². The van der Waals surface area contributed by atoms with E-state index in [1.165, 1.54) is 0 Å². The van der Waals surface area contributed by atoms with Crippen LogP contribution in [-0.4, -0.2) is 131 Å². The zero-order valence-electron chi connectivity index (χ0n) is 38.1. The number of para-hydroxylation sites is 1. The minimum absolute atomic E-state index is 0.0747. The lowest BCUT2D eigenvalue weighted by atomic mass is 10.1. The molecule has 30 nitrogen and oxygen atoms in total. The van der Waals surface area contributed by atoms with E-state index in [9.17, 15) is 69.3 Å². The van der Waals surface area contributed by atoms with Gasteiger partial charge < -0.3 is 31.9 Å². The lowest BCUT2D eigenvalue weighted by molar-refractivity contribution is 0.284. The predicted molar refractivity (Wildman–Crippen MR) is 267 cm³/mol. The molecule has 36 heteroatoms. The standard InChI is InChI=1S/C39H41N11O19S6/c1-2-22-5-3-4-6-27(22)43-39-45-37(41-13-16-70(53,54)17-14-51)44-38(46-39)42-25-9-12-29(72(57,58)59)28(21-25)48-50-35-31(74(63,64)65)20-23-19-30(73(60,61)62)34(33(40)32(23)36(35)52)49-47-24-7-10-26(11-8-24)71(55,56)18-15-69-75(66,67)68/h3-12,19-21,51-52H,2,13-18,40H2,1H3,(H,57,58,59)(H,60,61,62)(H,63,64,65)(H,66,67,68)(H3,41,42,43,44,45,46). The topological polar surface area (TPSA) is 486 Å². The first-order valence-electron chi connectivity index (χ1n) is 20.8. The maximum atomic E-state index is 12.8. The van der Waals surface area contributed by atoms with Crippen LogP contribution in [-0.2, 0) is 71.0 Å². The van der Waals surface area contributed by atoms with E-state index in [0.29, 0.717) is 24.2 Å². The number of aliphatic hydroxyl groups is 1. The number of nitrogens with one attached hydrogen (secondary N) is 3. The summed E-state index contributed by atoms with van der Waals surface area (Å²) in [6, 6.07) is 15.1. The van der Waals surface area contributed by atoms with Crippen LogP contribution in [0.4, 0.5) is 57.7 Å². The van der Waals surface area contributed by atoms with Crippen molar-refractivity contribution in [1.29, 1.82) is 0 Å². The molecular weight excluding hydrogens is 1120 g/mol. The first kappa shape index (κ1) is 57.3. The highest BCUT2D eigenvalue weighted by Gasteiger charge is 2.29. The number of phenolic OH excluding ortho intramolecular Hbond substituents is 1. The molecule has 402 valence electrons. The van der Waals surface area contributed by atoms with Gasteiger partial charge in [0.15, 0.2) is 25.4 Å². The second-order valence-corrected chi connectivity index (χ2v) is 24.9. The van der Waals surface area contributed by atoms with E-state index in [1.54, 1.807) is 18.2 Å². The number of phenols is 1. The Morgan fingerprint density at radius 1 is 0.640 bits per heavy atom. The Kier molecular flexibility index (Phi) is 17.2. The Morgan fingerprint density at radius 3 is 1.83 bits per heavy atom. The van der Waals surface area contributed by atoms with Crippen LogP contribution in [0.25, 0.3) is 10.8 Å². The Balaban J connectivity index is 1.42. The number of aliphatic hydroxyl groups excluding tert-OH is 1. The molecule has 0 bridgehead atoms. The number of hydrogen-bond donors (Lipinski definition) is 10. The van der Waals surface area contributed by atoms with Gasteiger partial charge in [-0.3, -0.25) is 18.2 Å². The molecule has 0 atom stereocenters. The third kappa shape index (κ3) is 14.9. The lowest BCUT2D eigenvalue weighted by Crippen LogP contribution is -2.21. The molecule has 0 aliphatic rings. The number of nitrogens with two attached hydrogens (primary N) is 1. The second-order valence-electron chi connectivity index (χ2n) is 15.2. The van der Waals surface area contributed by atoms with Crippen molar-refractivity contribution in [3.8, 4) is 5.75 Å². The van der Waals surface area contributed by atoms with Gasteiger partial charge in [-0.1, -0.05) is 25.1 Å². The number of aromatic hydroxyl groups is 1. The van der Waals surface area contributed by atoms with Crippen LogP contribution in [0, 0.1) is 0 Å². The molecule has 0 saturated carbocycles. The maximum absolute atomic E-state index is 12.8. The van der Waals surface area contributed by atoms with Crippen LogP contribution in [0.3, 0.4) is 0 Å². The highest BCUT2D eigenvalue weighted by atomic mass is 32.3. The molecule has 0 spiro atoms. The van der Waals surface area contributed by atoms with Crippen LogP contribution < -0.4 is 21.7 Å². The fourth-order valence-corrected chi connectivity index (χ4v) is 10.9. The number of benzene rings is 5. The summed E-state index contributed by atoms with van der Waals surface area (Å²) in [4.78, 5) is 9.12. The molecule has 0 aliphatic carbocycles. The van der Waals surface area contributed by atoms with Gasteiger partial charge in [0.25, 0.3) is 30.4 Å². The summed E-state index contributed by atoms with van der Waals surface area (Å²) in [6.07, 6.45) is 0.589. The molecule has 0 aliphatic heterocycles. The van der Waals surface area contributed by atoms with Gasteiger partial charge in [0.2, 0.25) is 17.8 Å². The van der Waals surface area contributed by atoms with Crippen LogP contribution >= 0.6 is 0 Å². The summed E-state index contributed by atoms with van der Waals surface area (Å²) in [7, 11) is -28.9. The van der Waals surface area contributed by atoms with Gasteiger partial charge in [0.05, 0.1) is 52.1 Å². The Labute approximate surface area is 426 Å². The highest BCUT2D eigenvalue weighted by Crippen LogP contribution is 2.48. The summed E-state index contributed by atoms with van der Waals surface area (Å²) >= 11 is 0. The van der Waals surface area contributed by atoms with Gasteiger partial charge in [-0.25, -0.2) is 21.0 Å². The largest absolute Gasteiger partial charge is 0.505 e. The van der Waals surface area contributed by atoms with Gasteiger partial charge in [0.1, 0.15) is 31.7 Å². The summed E-state index contributed by atoms with van der Waals surface area (Å²) in [5, 5.41) is 43.1. The predicted octanol–water partition coefficient (Wildman–Crippen LogP) is 4.35. The fourth-order valence-electron chi connectivity index (χ4n) is 6.62. The van der Waals surface area contributed by atoms with Gasteiger partial charge in [0, 0.05) is 17.9 Å². The lowest BCUT2D eigenvalue weighted by Gasteiger charge is -2.14. The van der Waals surface area contributed by atoms with Gasteiger partial charge in [-0.05, 0) is 78.0 Å². The third-order valence-corrected chi connectivity index (χ3v) is 16.5. The fraction of sp³-hybridized carbons (Fsp3) is 0.205. The number of hydrogen-bond acceptors (Lipinski definition) is 26. The molecule has 0 saturated heterocycles. The number of rotatable bonds is 23. The van der Waals surface area contributed by atoms with Crippen molar-refractivity contribution in [1.82, 2.24) is 15.0 Å². The molecule has 75 heavy (non-hydrogen) atoms. The molecule has 5 aromatic carbocycles. The number of aromatic nitrogens is 3. The van der Waals surface area contributed by atoms with E-state index in [2.05, 4.69) is 55.5 Å². The first-order chi connectivity index (χ1) is 34.9. The average molecular weight is 1160 g/mol. The highest BCUT2D eigenvalue weighted by molar-refractivity contribution is 7.91. The van der Waals surface area contributed by atoms with Gasteiger partial charge >= 0.3 is 10.4 Å². The molecule has 6 rings (SSSR count). The number of sulfone groups is 2. The third-order valence-electron chi connectivity index (χ3n) is 10.0. The van der Waals surface area contributed by atoms with E-state index in [1.807, 2.05) is 13.0 Å². The Bertz CT molecular complexity index is 3960. The molecule has 1 heterocycles. The monoisotopic (exact) mass is 1160 g/mol. The molecule has 11 N–H and O–H groups in total. The first-order valence-corrected chi connectivity index (χ1v) is 29.9. The quantitative estimate of drug-likeness (QED) is 0.0242. The van der Waals surface area contributed by atoms with E-state index in [4.69, 9.17) is 15.4 Å². The molecule has 1 aromatic heterocycles. The van der Waals surface area contributed by atoms with E-state index in [-0.39, 0.29) is 40.7 Å². The molecule has 0 amide bonds. The average Bonchev–Trinajstić information content (AvgIpc) is 3.29. The summed E-state index contributed by atoms with van der Waals surface area (Å²) in [5.74, 6) is -3.58. The summed E-state index contributed by atoms with van der Waals surface area (Å²) < 4.78 is 191. The van der Waals surface area contributed by atoms with Crippen LogP contribution in [0.15, 0.2) is 119 Å². The minimum atomic E-state index is -5.49. The summed E-state index contributed by atoms with van der Waals surface area (Å²) in [5.41, 5.74) is 3.76. The van der Waals surface area contributed by atoms with Crippen molar-refractivity contribution >= 4 is 129 Å². The molecule has 0 unspecified atom stereocenters. The second kappa shape index (κ2) is 22.5. The normalized spacial score (nSPS) is 12.9. The Hall–Kier alpha value is -6.97. The zero-order valence-corrected chi connectivity index (χ0v) is 43.0. The molecule has 0 radical (unpaired) electrons. The maximum Gasteiger partial charge on any atom is 0.397 e. The number of fused-ring (bicyclic) bond motifs is 1. The van der Waals surface area contributed by atoms with Crippen molar-refractivity contribution in [2.45, 2.75) is 32.9 Å². The molecule has 0 fully saturated rings. The van der Waals surface area contributed by atoms with Crippen LogP contribution in [0.2, 0.25) is 0 Å². The number of nitrogens with zero attached hydrogens (tertiary/aromatic N) is 7. The van der Waals surface area contributed by atoms with Gasteiger partial charge in [-0.15, -0.1) is 15.3 Å². The minimum Gasteiger partial charge on any atom is -0.505 e. The molecule has 6 aromatic rings. The smallest absolute Gasteiger partial charge is 0.397 e. The van der Waals surface area contributed by atoms with E-state index >= 15 is 0 Å². The SMILES string of the molecule is CCc1ccccc1Nc1nc(NCCS(=O)(=O)CCO)nc(Nc2ccc(S(=O)(=O)O)c(N=Nc3c(S(=O)(=O)O)cc4cc(S(=O)(=O)O)c(N=Nc5ccc(S(=O)(=O)CCOS(=O)(=O)O)cc5)c(N)c4c3O)c2)n1. The Morgan fingerprint density at radius 2 is 1.23 bits per heavy atom.